The molecule has 5 nitrogen and oxygen atoms in total. The van der Waals surface area contributed by atoms with Gasteiger partial charge in [-0.25, -0.2) is 9.59 Å². The maximum atomic E-state index is 12.1. The molecule has 0 amide bonds. The van der Waals surface area contributed by atoms with Gasteiger partial charge in [-0.3, -0.25) is 4.79 Å². The highest BCUT2D eigenvalue weighted by molar-refractivity contribution is 6.33. The molecule has 0 spiro atoms. The normalized spacial score (nSPS) is 10.6. The molecule has 0 fully saturated rings. The van der Waals surface area contributed by atoms with Crippen LogP contribution >= 0.6 is 11.6 Å². The van der Waals surface area contributed by atoms with Gasteiger partial charge in [0.1, 0.15) is 16.9 Å². The minimum absolute atomic E-state index is 0.0247. The van der Waals surface area contributed by atoms with Crippen LogP contribution in [0.15, 0.2) is 57.7 Å². The molecule has 24 heavy (non-hydrogen) atoms. The van der Waals surface area contributed by atoms with E-state index in [1.165, 1.54) is 19.1 Å². The fraction of sp³-hybridized carbons (Fsp3) is 0.0556. The van der Waals surface area contributed by atoms with Gasteiger partial charge in [0.15, 0.2) is 5.78 Å². The molecule has 2 aromatic carbocycles. The Morgan fingerprint density at radius 3 is 2.50 bits per heavy atom. The first-order valence-electron chi connectivity index (χ1n) is 7.01. The number of hydrogen-bond acceptors (Lipinski definition) is 5. The number of Topliss-reactive ketones (excluding diaryl/α,β-unsaturated/α-hetero) is 1. The Kier molecular flexibility index (Phi) is 4.18. The van der Waals surface area contributed by atoms with E-state index in [2.05, 4.69) is 0 Å². The number of carbonyl (C=O) groups is 2. The van der Waals surface area contributed by atoms with Crippen LogP contribution in [0.1, 0.15) is 27.6 Å². The van der Waals surface area contributed by atoms with Crippen LogP contribution in [0.4, 0.5) is 0 Å². The number of fused-ring (bicyclic) bond motifs is 1. The van der Waals surface area contributed by atoms with Crippen LogP contribution in [0.5, 0.6) is 5.75 Å². The van der Waals surface area contributed by atoms with Gasteiger partial charge in [0.25, 0.3) is 0 Å². The third-order valence-electron chi connectivity index (χ3n) is 3.39. The SMILES string of the molecule is CC(=O)c1cc2ccc(OC(=O)c3ccccc3Cl)cc2oc1=O. The highest BCUT2D eigenvalue weighted by Gasteiger charge is 2.14. The average molecular weight is 343 g/mol. The van der Waals surface area contributed by atoms with E-state index >= 15 is 0 Å². The van der Waals surface area contributed by atoms with Crippen LogP contribution in [0, 0.1) is 0 Å². The Labute approximate surface area is 141 Å². The van der Waals surface area contributed by atoms with Crippen LogP contribution in [0.25, 0.3) is 11.0 Å². The van der Waals surface area contributed by atoms with Crippen molar-refractivity contribution >= 4 is 34.3 Å². The highest BCUT2D eigenvalue weighted by Crippen LogP contribution is 2.23. The lowest BCUT2D eigenvalue weighted by Crippen LogP contribution is -2.11. The molecule has 0 atom stereocenters. The van der Waals surface area contributed by atoms with Gasteiger partial charge in [-0.15, -0.1) is 0 Å². The molecule has 6 heteroatoms. The number of esters is 1. The summed E-state index contributed by atoms with van der Waals surface area (Å²) in [6.45, 7) is 1.29. The maximum absolute atomic E-state index is 12.1. The van der Waals surface area contributed by atoms with Crippen molar-refractivity contribution in [2.24, 2.45) is 0 Å². The number of ether oxygens (including phenoxy) is 1. The highest BCUT2D eigenvalue weighted by atomic mass is 35.5. The minimum Gasteiger partial charge on any atom is -0.423 e. The van der Waals surface area contributed by atoms with Crippen molar-refractivity contribution in [3.05, 3.63) is 75.1 Å². The van der Waals surface area contributed by atoms with Crippen molar-refractivity contribution in [2.75, 3.05) is 0 Å². The van der Waals surface area contributed by atoms with Crippen molar-refractivity contribution in [1.82, 2.24) is 0 Å². The number of halogens is 1. The lowest BCUT2D eigenvalue weighted by Gasteiger charge is -2.06. The predicted molar refractivity (Wildman–Crippen MR) is 88.9 cm³/mol. The Balaban J connectivity index is 1.95. The van der Waals surface area contributed by atoms with Gasteiger partial charge in [0, 0.05) is 11.5 Å². The molecule has 0 saturated heterocycles. The van der Waals surface area contributed by atoms with E-state index in [0.717, 1.165) is 0 Å². The summed E-state index contributed by atoms with van der Waals surface area (Å²) >= 11 is 5.96. The number of rotatable bonds is 3. The molecule has 1 heterocycles. The third kappa shape index (κ3) is 3.07. The molecule has 0 aliphatic heterocycles. The van der Waals surface area contributed by atoms with Gasteiger partial charge in [-0.1, -0.05) is 23.7 Å². The number of benzene rings is 2. The quantitative estimate of drug-likeness (QED) is 0.312. The zero-order valence-electron chi connectivity index (χ0n) is 12.5. The summed E-state index contributed by atoms with van der Waals surface area (Å²) in [4.78, 5) is 35.3. The number of ketones is 1. The summed E-state index contributed by atoms with van der Waals surface area (Å²) in [5.74, 6) is -0.798. The second-order valence-corrected chi connectivity index (χ2v) is 5.48. The molecule has 0 unspecified atom stereocenters. The standard InChI is InChI=1S/C18H11ClO5/c1-10(20)14-8-11-6-7-12(9-16(11)24-18(14)22)23-17(21)13-4-2-3-5-15(13)19/h2-9H,1H3. The Morgan fingerprint density at radius 2 is 1.79 bits per heavy atom. The molecular weight excluding hydrogens is 332 g/mol. The van der Waals surface area contributed by atoms with Gasteiger partial charge >= 0.3 is 11.6 Å². The number of hydrogen-bond donors (Lipinski definition) is 0. The van der Waals surface area contributed by atoms with Crippen LogP contribution in [-0.2, 0) is 0 Å². The second kappa shape index (κ2) is 6.29. The van der Waals surface area contributed by atoms with Crippen molar-refractivity contribution in [2.45, 2.75) is 6.92 Å². The summed E-state index contributed by atoms with van der Waals surface area (Å²) in [6, 6.07) is 12.5. The summed E-state index contributed by atoms with van der Waals surface area (Å²) in [7, 11) is 0. The lowest BCUT2D eigenvalue weighted by atomic mass is 10.1. The molecule has 3 aromatic rings. The van der Waals surface area contributed by atoms with Crippen molar-refractivity contribution in [3.63, 3.8) is 0 Å². The molecule has 120 valence electrons. The molecule has 0 aliphatic rings. The molecule has 0 radical (unpaired) electrons. The Bertz CT molecular complexity index is 1020. The monoisotopic (exact) mass is 342 g/mol. The molecule has 3 rings (SSSR count). The van der Waals surface area contributed by atoms with Gasteiger partial charge in [0.2, 0.25) is 0 Å². The predicted octanol–water partition coefficient (Wildman–Crippen LogP) is 3.87. The summed E-state index contributed by atoms with van der Waals surface area (Å²) in [5.41, 5.74) is -0.310. The molecule has 0 bridgehead atoms. The zero-order valence-corrected chi connectivity index (χ0v) is 13.3. The second-order valence-electron chi connectivity index (χ2n) is 5.07. The zero-order chi connectivity index (χ0) is 17.3. The Morgan fingerprint density at radius 1 is 1.04 bits per heavy atom. The third-order valence-corrected chi connectivity index (χ3v) is 3.72. The first kappa shape index (κ1) is 16.0. The van der Waals surface area contributed by atoms with Crippen molar-refractivity contribution < 1.29 is 18.7 Å². The topological polar surface area (TPSA) is 73.6 Å². The molecule has 0 aliphatic carbocycles. The van der Waals surface area contributed by atoms with E-state index in [1.807, 2.05) is 0 Å². The van der Waals surface area contributed by atoms with Crippen LogP contribution < -0.4 is 10.4 Å². The first-order valence-corrected chi connectivity index (χ1v) is 7.39. The smallest absolute Gasteiger partial charge is 0.347 e. The molecular formula is C18H11ClO5. The van der Waals surface area contributed by atoms with Gasteiger partial charge < -0.3 is 9.15 Å². The van der Waals surface area contributed by atoms with Gasteiger partial charge in [0.05, 0.1) is 10.6 Å². The minimum atomic E-state index is -0.732. The summed E-state index contributed by atoms with van der Waals surface area (Å²) < 4.78 is 10.4. The largest absolute Gasteiger partial charge is 0.423 e. The fourth-order valence-electron chi connectivity index (χ4n) is 2.19. The van der Waals surface area contributed by atoms with E-state index in [1.54, 1.807) is 36.4 Å². The molecule has 0 saturated carbocycles. The number of carbonyl (C=O) groups excluding carboxylic acids is 2. The van der Waals surface area contributed by atoms with Crippen molar-refractivity contribution in [3.8, 4) is 5.75 Å². The summed E-state index contributed by atoms with van der Waals surface area (Å²) in [6.07, 6.45) is 0. The lowest BCUT2D eigenvalue weighted by molar-refractivity contribution is 0.0735. The van der Waals surface area contributed by atoms with Crippen molar-refractivity contribution in [1.29, 1.82) is 0 Å². The van der Waals surface area contributed by atoms with Gasteiger partial charge in [-0.05, 0) is 37.3 Å². The first-order chi connectivity index (χ1) is 11.5. The molecule has 0 N–H and O–H groups in total. The van der Waals surface area contributed by atoms with E-state index in [0.29, 0.717) is 5.39 Å². The average Bonchev–Trinajstić information content (AvgIpc) is 2.54. The van der Waals surface area contributed by atoms with Crippen LogP contribution in [0.2, 0.25) is 5.02 Å². The van der Waals surface area contributed by atoms with Crippen LogP contribution in [0.3, 0.4) is 0 Å². The van der Waals surface area contributed by atoms with E-state index in [4.69, 9.17) is 20.8 Å². The summed E-state index contributed by atoms with van der Waals surface area (Å²) in [5, 5.41) is 0.832. The van der Waals surface area contributed by atoms with Gasteiger partial charge in [-0.2, -0.15) is 0 Å². The Hall–Kier alpha value is -2.92. The molecule has 1 aromatic heterocycles. The van der Waals surface area contributed by atoms with E-state index in [9.17, 15) is 14.4 Å². The van der Waals surface area contributed by atoms with E-state index in [-0.39, 0.29) is 33.3 Å². The maximum Gasteiger partial charge on any atom is 0.347 e. The fourth-order valence-corrected chi connectivity index (χ4v) is 2.40. The van der Waals surface area contributed by atoms with E-state index < -0.39 is 11.6 Å². The van der Waals surface area contributed by atoms with Crippen LogP contribution in [-0.4, -0.2) is 11.8 Å².